The SMILES string of the molecule is CCc1c(C)cc2ccsc2c1Cl. The van der Waals surface area contributed by atoms with Gasteiger partial charge in [-0.15, -0.1) is 11.3 Å². The van der Waals surface area contributed by atoms with Crippen LogP contribution < -0.4 is 0 Å². The Morgan fingerprint density at radius 2 is 2.23 bits per heavy atom. The maximum absolute atomic E-state index is 6.30. The summed E-state index contributed by atoms with van der Waals surface area (Å²) in [6.45, 7) is 4.27. The van der Waals surface area contributed by atoms with Gasteiger partial charge in [-0.25, -0.2) is 0 Å². The van der Waals surface area contributed by atoms with Crippen LogP contribution in [0.1, 0.15) is 18.1 Å². The fraction of sp³-hybridized carbons (Fsp3) is 0.273. The van der Waals surface area contributed by atoms with Gasteiger partial charge in [0.25, 0.3) is 0 Å². The van der Waals surface area contributed by atoms with Crippen molar-refractivity contribution in [2.75, 3.05) is 0 Å². The van der Waals surface area contributed by atoms with Crippen molar-refractivity contribution in [1.82, 2.24) is 0 Å². The molecule has 0 nitrogen and oxygen atoms in total. The zero-order chi connectivity index (χ0) is 9.42. The fourth-order valence-corrected chi connectivity index (χ4v) is 3.04. The van der Waals surface area contributed by atoms with E-state index in [2.05, 4.69) is 31.4 Å². The first kappa shape index (κ1) is 9.04. The maximum atomic E-state index is 6.30. The van der Waals surface area contributed by atoms with E-state index in [4.69, 9.17) is 11.6 Å². The van der Waals surface area contributed by atoms with Crippen LogP contribution >= 0.6 is 22.9 Å². The number of rotatable bonds is 1. The number of benzene rings is 1. The van der Waals surface area contributed by atoms with Gasteiger partial charge in [-0.2, -0.15) is 0 Å². The molecule has 0 atom stereocenters. The molecule has 68 valence electrons. The van der Waals surface area contributed by atoms with Crippen LogP contribution in [0.4, 0.5) is 0 Å². The Balaban J connectivity index is 2.85. The molecule has 0 aliphatic rings. The summed E-state index contributed by atoms with van der Waals surface area (Å²) in [5.41, 5.74) is 2.59. The second-order valence-electron chi connectivity index (χ2n) is 3.18. The summed E-state index contributed by atoms with van der Waals surface area (Å²) in [6.07, 6.45) is 1.01. The lowest BCUT2D eigenvalue weighted by Crippen LogP contribution is -1.87. The molecule has 0 saturated heterocycles. The second-order valence-corrected chi connectivity index (χ2v) is 4.47. The lowest BCUT2D eigenvalue weighted by molar-refractivity contribution is 1.12. The van der Waals surface area contributed by atoms with Crippen molar-refractivity contribution in [2.24, 2.45) is 0 Å². The van der Waals surface area contributed by atoms with Crippen molar-refractivity contribution in [3.05, 3.63) is 33.7 Å². The molecule has 1 heterocycles. The molecule has 2 heteroatoms. The number of fused-ring (bicyclic) bond motifs is 1. The van der Waals surface area contributed by atoms with Gasteiger partial charge in [0.2, 0.25) is 0 Å². The van der Waals surface area contributed by atoms with Crippen molar-refractivity contribution in [2.45, 2.75) is 20.3 Å². The van der Waals surface area contributed by atoms with E-state index >= 15 is 0 Å². The van der Waals surface area contributed by atoms with Crippen LogP contribution in [-0.4, -0.2) is 0 Å². The van der Waals surface area contributed by atoms with Crippen LogP contribution in [0.5, 0.6) is 0 Å². The monoisotopic (exact) mass is 210 g/mol. The number of thiophene rings is 1. The third-order valence-electron chi connectivity index (χ3n) is 2.36. The summed E-state index contributed by atoms with van der Waals surface area (Å²) in [6, 6.07) is 4.34. The highest BCUT2D eigenvalue weighted by molar-refractivity contribution is 7.17. The minimum absolute atomic E-state index is 0.951. The van der Waals surface area contributed by atoms with Gasteiger partial charge in [-0.3, -0.25) is 0 Å². The third kappa shape index (κ3) is 1.36. The number of hydrogen-bond acceptors (Lipinski definition) is 1. The van der Waals surface area contributed by atoms with Crippen molar-refractivity contribution < 1.29 is 0 Å². The first-order valence-corrected chi connectivity index (χ1v) is 5.65. The number of hydrogen-bond donors (Lipinski definition) is 0. The fourth-order valence-electron chi connectivity index (χ4n) is 1.68. The zero-order valence-corrected chi connectivity index (χ0v) is 9.30. The number of aryl methyl sites for hydroxylation is 1. The van der Waals surface area contributed by atoms with Gasteiger partial charge in [-0.1, -0.05) is 24.6 Å². The van der Waals surface area contributed by atoms with E-state index in [1.807, 2.05) is 0 Å². The highest BCUT2D eigenvalue weighted by Gasteiger charge is 2.08. The predicted molar refractivity (Wildman–Crippen MR) is 61.0 cm³/mol. The summed E-state index contributed by atoms with van der Waals surface area (Å²) < 4.78 is 1.23. The highest BCUT2D eigenvalue weighted by atomic mass is 35.5. The quantitative estimate of drug-likeness (QED) is 0.654. The van der Waals surface area contributed by atoms with E-state index in [0.29, 0.717) is 0 Å². The van der Waals surface area contributed by atoms with Gasteiger partial charge in [0.05, 0.1) is 9.72 Å². The molecule has 1 aromatic heterocycles. The molecule has 0 amide bonds. The van der Waals surface area contributed by atoms with Crippen molar-refractivity contribution >= 4 is 33.0 Å². The van der Waals surface area contributed by atoms with E-state index in [1.165, 1.54) is 21.2 Å². The van der Waals surface area contributed by atoms with E-state index < -0.39 is 0 Å². The van der Waals surface area contributed by atoms with Gasteiger partial charge >= 0.3 is 0 Å². The largest absolute Gasteiger partial charge is 0.142 e. The molecule has 0 fully saturated rings. The summed E-state index contributed by atoms with van der Waals surface area (Å²) in [4.78, 5) is 0. The van der Waals surface area contributed by atoms with E-state index in [0.717, 1.165) is 11.4 Å². The molecule has 2 aromatic rings. The Bertz CT molecular complexity index is 443. The molecule has 0 spiro atoms. The molecular formula is C11H11ClS. The molecule has 2 rings (SSSR count). The Morgan fingerprint density at radius 1 is 1.46 bits per heavy atom. The zero-order valence-electron chi connectivity index (χ0n) is 7.73. The molecule has 1 aromatic carbocycles. The topological polar surface area (TPSA) is 0 Å². The Kier molecular flexibility index (Phi) is 2.31. The number of halogens is 1. The van der Waals surface area contributed by atoms with Gasteiger partial charge in [-0.05, 0) is 41.3 Å². The van der Waals surface area contributed by atoms with Gasteiger partial charge in [0.15, 0.2) is 0 Å². The average Bonchev–Trinajstić information content (AvgIpc) is 2.53. The minimum Gasteiger partial charge on any atom is -0.142 e. The standard InChI is InChI=1S/C11H11ClS/c1-3-9-7(2)6-8-4-5-13-11(8)10(9)12/h4-6H,3H2,1-2H3. The van der Waals surface area contributed by atoms with Gasteiger partial charge in [0.1, 0.15) is 0 Å². The second kappa shape index (κ2) is 3.32. The molecule has 0 aliphatic heterocycles. The summed E-state index contributed by atoms with van der Waals surface area (Å²) in [5.74, 6) is 0. The van der Waals surface area contributed by atoms with E-state index in [1.54, 1.807) is 11.3 Å². The van der Waals surface area contributed by atoms with Crippen LogP contribution in [0, 0.1) is 6.92 Å². The first-order valence-electron chi connectivity index (χ1n) is 4.39. The van der Waals surface area contributed by atoms with Gasteiger partial charge < -0.3 is 0 Å². The Hall–Kier alpha value is -0.530. The molecule has 0 radical (unpaired) electrons. The van der Waals surface area contributed by atoms with Crippen LogP contribution in [0.15, 0.2) is 17.5 Å². The molecular weight excluding hydrogens is 200 g/mol. The maximum Gasteiger partial charge on any atom is 0.0618 e. The Morgan fingerprint density at radius 3 is 2.92 bits per heavy atom. The van der Waals surface area contributed by atoms with Crippen molar-refractivity contribution in [3.8, 4) is 0 Å². The normalized spacial score (nSPS) is 11.0. The van der Waals surface area contributed by atoms with E-state index in [-0.39, 0.29) is 0 Å². The average molecular weight is 211 g/mol. The van der Waals surface area contributed by atoms with Crippen molar-refractivity contribution in [3.63, 3.8) is 0 Å². The first-order chi connectivity index (χ1) is 6.24. The molecule has 0 bridgehead atoms. The van der Waals surface area contributed by atoms with Crippen LogP contribution in [-0.2, 0) is 6.42 Å². The van der Waals surface area contributed by atoms with Crippen molar-refractivity contribution in [1.29, 1.82) is 0 Å². The molecule has 0 N–H and O–H groups in total. The lowest BCUT2D eigenvalue weighted by atomic mass is 10.0. The minimum atomic E-state index is 0.951. The van der Waals surface area contributed by atoms with Crippen LogP contribution in [0.2, 0.25) is 5.02 Å². The molecule has 0 unspecified atom stereocenters. The highest BCUT2D eigenvalue weighted by Crippen LogP contribution is 2.33. The lowest BCUT2D eigenvalue weighted by Gasteiger charge is -2.06. The molecule has 13 heavy (non-hydrogen) atoms. The van der Waals surface area contributed by atoms with Gasteiger partial charge in [0, 0.05) is 0 Å². The van der Waals surface area contributed by atoms with E-state index in [9.17, 15) is 0 Å². The molecule has 0 saturated carbocycles. The summed E-state index contributed by atoms with van der Waals surface area (Å²) >= 11 is 8.02. The summed E-state index contributed by atoms with van der Waals surface area (Å²) in [5, 5.41) is 4.31. The smallest absolute Gasteiger partial charge is 0.0618 e. The molecule has 0 aliphatic carbocycles. The Labute approximate surface area is 87.2 Å². The predicted octanol–water partition coefficient (Wildman–Crippen LogP) is 4.43. The van der Waals surface area contributed by atoms with Crippen LogP contribution in [0.25, 0.3) is 10.1 Å². The summed E-state index contributed by atoms with van der Waals surface area (Å²) in [7, 11) is 0. The van der Waals surface area contributed by atoms with Crippen LogP contribution in [0.3, 0.4) is 0 Å². The third-order valence-corrected chi connectivity index (χ3v) is 3.84.